The highest BCUT2D eigenvalue weighted by atomic mass is 32.1. The van der Waals surface area contributed by atoms with E-state index in [4.69, 9.17) is 4.74 Å². The Balaban J connectivity index is 1.04. The SMILES string of the molecule is Cc1cc2c(N3CCN(CCCCOc4ccc5c(c4)NC(=O)CC5)CC3)cccc2s1. The molecule has 0 atom stereocenters. The molecule has 1 aromatic heterocycles. The highest BCUT2D eigenvalue weighted by molar-refractivity contribution is 7.19. The molecule has 0 bridgehead atoms. The Morgan fingerprint density at radius 1 is 1.03 bits per heavy atom. The first-order valence-corrected chi connectivity index (χ1v) is 12.5. The van der Waals surface area contributed by atoms with Crippen LogP contribution in [0.3, 0.4) is 0 Å². The fourth-order valence-corrected chi connectivity index (χ4v) is 5.67. The van der Waals surface area contributed by atoms with Gasteiger partial charge in [-0.25, -0.2) is 0 Å². The van der Waals surface area contributed by atoms with Crippen molar-refractivity contribution in [1.82, 2.24) is 4.90 Å². The maximum atomic E-state index is 11.6. The van der Waals surface area contributed by atoms with Crippen LogP contribution in [0.25, 0.3) is 10.1 Å². The molecule has 3 aromatic rings. The maximum absolute atomic E-state index is 11.6. The zero-order chi connectivity index (χ0) is 21.9. The van der Waals surface area contributed by atoms with Crippen LogP contribution < -0.4 is 15.0 Å². The number of fused-ring (bicyclic) bond motifs is 2. The Labute approximate surface area is 194 Å². The third kappa shape index (κ3) is 4.76. The second-order valence-corrected chi connectivity index (χ2v) is 10.1. The van der Waals surface area contributed by atoms with Crippen molar-refractivity contribution in [3.63, 3.8) is 0 Å². The van der Waals surface area contributed by atoms with E-state index in [0.29, 0.717) is 13.0 Å². The molecule has 0 spiro atoms. The summed E-state index contributed by atoms with van der Waals surface area (Å²) in [4.78, 5) is 18.1. The van der Waals surface area contributed by atoms with Gasteiger partial charge in [0.25, 0.3) is 0 Å². The van der Waals surface area contributed by atoms with Gasteiger partial charge >= 0.3 is 0 Å². The molecule has 1 amide bonds. The van der Waals surface area contributed by atoms with E-state index in [1.54, 1.807) is 0 Å². The van der Waals surface area contributed by atoms with Gasteiger partial charge in [-0.2, -0.15) is 0 Å². The summed E-state index contributed by atoms with van der Waals surface area (Å²) in [5.74, 6) is 0.939. The van der Waals surface area contributed by atoms with Crippen molar-refractivity contribution in [3.05, 3.63) is 52.9 Å². The molecule has 5 nitrogen and oxygen atoms in total. The van der Waals surface area contributed by atoms with E-state index in [9.17, 15) is 4.79 Å². The summed E-state index contributed by atoms with van der Waals surface area (Å²) in [7, 11) is 0. The molecule has 0 aliphatic carbocycles. The quantitative estimate of drug-likeness (QED) is 0.511. The number of carbonyl (C=O) groups is 1. The maximum Gasteiger partial charge on any atom is 0.224 e. The lowest BCUT2D eigenvalue weighted by atomic mass is 10.0. The van der Waals surface area contributed by atoms with Crippen LogP contribution in [-0.2, 0) is 11.2 Å². The van der Waals surface area contributed by atoms with Crippen molar-refractivity contribution in [3.8, 4) is 5.75 Å². The van der Waals surface area contributed by atoms with Crippen molar-refractivity contribution >= 4 is 38.7 Å². The summed E-state index contributed by atoms with van der Waals surface area (Å²) in [5, 5.41) is 4.35. The smallest absolute Gasteiger partial charge is 0.224 e. The predicted octanol–water partition coefficient (Wildman–Crippen LogP) is 5.08. The molecule has 32 heavy (non-hydrogen) atoms. The molecule has 2 aliphatic rings. The summed E-state index contributed by atoms with van der Waals surface area (Å²) in [6.45, 7) is 8.44. The second-order valence-electron chi connectivity index (χ2n) is 8.80. The summed E-state index contributed by atoms with van der Waals surface area (Å²) >= 11 is 1.88. The van der Waals surface area contributed by atoms with Gasteiger partial charge in [-0.3, -0.25) is 9.69 Å². The van der Waals surface area contributed by atoms with Crippen LogP contribution in [0, 0.1) is 6.92 Å². The number of amides is 1. The zero-order valence-electron chi connectivity index (χ0n) is 18.7. The average Bonchev–Trinajstić information content (AvgIpc) is 3.19. The number of piperazine rings is 1. The number of hydrogen-bond donors (Lipinski definition) is 1. The number of nitrogens with one attached hydrogen (secondary N) is 1. The van der Waals surface area contributed by atoms with Crippen LogP contribution in [-0.4, -0.2) is 50.1 Å². The first-order chi connectivity index (χ1) is 15.7. The van der Waals surface area contributed by atoms with E-state index < -0.39 is 0 Å². The minimum atomic E-state index is 0.0943. The normalized spacial score (nSPS) is 16.8. The zero-order valence-corrected chi connectivity index (χ0v) is 19.5. The Morgan fingerprint density at radius 2 is 1.91 bits per heavy atom. The van der Waals surface area contributed by atoms with Gasteiger partial charge in [-0.1, -0.05) is 12.1 Å². The molecule has 2 aliphatic heterocycles. The molecule has 1 saturated heterocycles. The summed E-state index contributed by atoms with van der Waals surface area (Å²) < 4.78 is 7.33. The lowest BCUT2D eigenvalue weighted by molar-refractivity contribution is -0.116. The summed E-state index contributed by atoms with van der Waals surface area (Å²) in [6, 6.07) is 15.1. The number of aryl methyl sites for hydroxylation is 2. The fraction of sp³-hybridized carbons (Fsp3) is 0.423. The van der Waals surface area contributed by atoms with E-state index in [0.717, 1.165) is 63.4 Å². The van der Waals surface area contributed by atoms with Gasteiger partial charge in [0.05, 0.1) is 6.61 Å². The monoisotopic (exact) mass is 449 g/mol. The van der Waals surface area contributed by atoms with Gasteiger partial charge in [0.1, 0.15) is 5.75 Å². The lowest BCUT2D eigenvalue weighted by Crippen LogP contribution is -2.46. The minimum Gasteiger partial charge on any atom is -0.494 e. The third-order valence-electron chi connectivity index (χ3n) is 6.49. The largest absolute Gasteiger partial charge is 0.494 e. The van der Waals surface area contributed by atoms with Crippen molar-refractivity contribution in [2.45, 2.75) is 32.6 Å². The van der Waals surface area contributed by atoms with Crippen LogP contribution in [0.2, 0.25) is 0 Å². The molecular weight excluding hydrogens is 418 g/mol. The first-order valence-electron chi connectivity index (χ1n) is 11.7. The van der Waals surface area contributed by atoms with E-state index in [1.165, 1.54) is 26.2 Å². The number of carbonyl (C=O) groups excluding carboxylic acids is 1. The number of ether oxygens (including phenoxy) is 1. The van der Waals surface area contributed by atoms with Gasteiger partial charge in [-0.15, -0.1) is 11.3 Å². The Morgan fingerprint density at radius 3 is 2.78 bits per heavy atom. The van der Waals surface area contributed by atoms with Gasteiger partial charge in [0.15, 0.2) is 0 Å². The lowest BCUT2D eigenvalue weighted by Gasteiger charge is -2.36. The standard InChI is InChI=1S/C26H31N3O2S/c1-19-17-22-24(5-4-6-25(22)32-19)29-14-12-28(13-15-29)11-2-3-16-31-21-9-7-20-8-10-26(30)27-23(20)18-21/h4-7,9,17-18H,2-3,8,10-16H2,1H3,(H,27,30). The number of rotatable bonds is 7. The Kier molecular flexibility index (Phi) is 6.32. The van der Waals surface area contributed by atoms with Gasteiger partial charge in [0, 0.05) is 65.0 Å². The molecule has 6 heteroatoms. The van der Waals surface area contributed by atoms with Crippen molar-refractivity contribution in [2.75, 3.05) is 49.5 Å². The third-order valence-corrected chi connectivity index (χ3v) is 7.50. The Bertz CT molecular complexity index is 1100. The number of thiophene rings is 1. The number of nitrogens with zero attached hydrogens (tertiary/aromatic N) is 2. The van der Waals surface area contributed by atoms with Crippen LogP contribution in [0.5, 0.6) is 5.75 Å². The highest BCUT2D eigenvalue weighted by Crippen LogP contribution is 2.33. The molecule has 168 valence electrons. The average molecular weight is 450 g/mol. The van der Waals surface area contributed by atoms with E-state index in [2.05, 4.69) is 52.4 Å². The predicted molar refractivity (Wildman–Crippen MR) is 133 cm³/mol. The molecule has 1 N–H and O–H groups in total. The second kappa shape index (κ2) is 9.51. The topological polar surface area (TPSA) is 44.8 Å². The molecular formula is C26H31N3O2S. The van der Waals surface area contributed by atoms with Crippen LogP contribution in [0.15, 0.2) is 42.5 Å². The minimum absolute atomic E-state index is 0.0943. The molecule has 0 saturated carbocycles. The number of unbranched alkanes of at least 4 members (excludes halogenated alkanes) is 1. The van der Waals surface area contributed by atoms with Gasteiger partial charge < -0.3 is 15.0 Å². The fourth-order valence-electron chi connectivity index (χ4n) is 4.73. The molecule has 3 heterocycles. The number of hydrogen-bond acceptors (Lipinski definition) is 5. The van der Waals surface area contributed by atoms with Crippen molar-refractivity contribution in [1.29, 1.82) is 0 Å². The van der Waals surface area contributed by atoms with Gasteiger partial charge in [-0.05, 0) is 62.6 Å². The van der Waals surface area contributed by atoms with E-state index in [1.807, 2.05) is 23.5 Å². The van der Waals surface area contributed by atoms with Crippen LogP contribution in [0.1, 0.15) is 29.7 Å². The van der Waals surface area contributed by atoms with E-state index >= 15 is 0 Å². The molecule has 5 rings (SSSR count). The highest BCUT2D eigenvalue weighted by Gasteiger charge is 2.19. The van der Waals surface area contributed by atoms with Crippen molar-refractivity contribution < 1.29 is 9.53 Å². The molecule has 2 aromatic carbocycles. The molecule has 1 fully saturated rings. The van der Waals surface area contributed by atoms with E-state index in [-0.39, 0.29) is 5.91 Å². The number of anilines is 2. The van der Waals surface area contributed by atoms with Crippen molar-refractivity contribution in [2.24, 2.45) is 0 Å². The number of benzene rings is 2. The first kappa shape index (κ1) is 21.3. The Hall–Kier alpha value is -2.57. The van der Waals surface area contributed by atoms with Crippen LogP contribution in [0.4, 0.5) is 11.4 Å². The summed E-state index contributed by atoms with van der Waals surface area (Å²) in [6.07, 6.45) is 3.57. The molecule has 0 unspecified atom stereocenters. The molecule has 0 radical (unpaired) electrons. The summed E-state index contributed by atoms with van der Waals surface area (Å²) in [5.41, 5.74) is 3.49. The van der Waals surface area contributed by atoms with Crippen LogP contribution >= 0.6 is 11.3 Å². The van der Waals surface area contributed by atoms with Gasteiger partial charge in [0.2, 0.25) is 5.91 Å².